The van der Waals surface area contributed by atoms with E-state index in [-0.39, 0.29) is 16.8 Å². The third-order valence-electron chi connectivity index (χ3n) is 4.11. The van der Waals surface area contributed by atoms with Crippen LogP contribution in [0.4, 0.5) is 14.5 Å². The van der Waals surface area contributed by atoms with E-state index in [1.165, 1.54) is 18.2 Å². The SMILES string of the molecule is Cc1ccccc1[C@H](NC(=S)Nc1c(F)cccc1F)c1ccccc1. The summed E-state index contributed by atoms with van der Waals surface area (Å²) in [6.07, 6.45) is 0. The summed E-state index contributed by atoms with van der Waals surface area (Å²) in [5, 5.41) is 5.96. The Morgan fingerprint density at radius 3 is 2.12 bits per heavy atom. The van der Waals surface area contributed by atoms with Crippen LogP contribution in [0.25, 0.3) is 0 Å². The van der Waals surface area contributed by atoms with Gasteiger partial charge in [-0.25, -0.2) is 8.78 Å². The predicted octanol–water partition coefficient (Wildman–Crippen LogP) is 5.35. The number of halogens is 2. The Labute approximate surface area is 156 Å². The third kappa shape index (κ3) is 4.06. The van der Waals surface area contributed by atoms with Crippen LogP contribution in [0.1, 0.15) is 22.7 Å². The minimum atomic E-state index is -0.693. The van der Waals surface area contributed by atoms with Crippen molar-refractivity contribution >= 4 is 23.0 Å². The van der Waals surface area contributed by atoms with Gasteiger partial charge in [-0.3, -0.25) is 0 Å². The van der Waals surface area contributed by atoms with E-state index >= 15 is 0 Å². The topological polar surface area (TPSA) is 24.1 Å². The summed E-state index contributed by atoms with van der Waals surface area (Å²) in [6.45, 7) is 2.01. The van der Waals surface area contributed by atoms with Gasteiger partial charge in [-0.15, -0.1) is 0 Å². The Hall–Kier alpha value is -2.79. The van der Waals surface area contributed by atoms with E-state index in [0.717, 1.165) is 16.7 Å². The predicted molar refractivity (Wildman–Crippen MR) is 105 cm³/mol. The van der Waals surface area contributed by atoms with Gasteiger partial charge in [0.15, 0.2) is 5.11 Å². The van der Waals surface area contributed by atoms with Crippen molar-refractivity contribution in [1.29, 1.82) is 0 Å². The van der Waals surface area contributed by atoms with Crippen LogP contribution >= 0.6 is 12.2 Å². The maximum atomic E-state index is 13.9. The summed E-state index contributed by atoms with van der Waals surface area (Å²) in [7, 11) is 0. The number of benzene rings is 3. The van der Waals surface area contributed by atoms with E-state index in [1.54, 1.807) is 0 Å². The zero-order valence-electron chi connectivity index (χ0n) is 14.2. The van der Waals surface area contributed by atoms with Gasteiger partial charge < -0.3 is 10.6 Å². The summed E-state index contributed by atoms with van der Waals surface area (Å²) in [5.74, 6) is -1.39. The van der Waals surface area contributed by atoms with E-state index in [0.29, 0.717) is 0 Å². The highest BCUT2D eigenvalue weighted by Crippen LogP contribution is 2.25. The Kier molecular flexibility index (Phi) is 5.58. The van der Waals surface area contributed by atoms with Crippen LogP contribution in [0.15, 0.2) is 72.8 Å². The molecule has 0 aliphatic carbocycles. The standard InChI is InChI=1S/C21H18F2N2S/c1-14-8-5-6-11-16(14)19(15-9-3-2-4-10-15)24-21(26)25-20-17(22)12-7-13-18(20)23/h2-13,19H,1H3,(H2,24,25,26)/t19-/m1/s1. The van der Waals surface area contributed by atoms with Crippen molar-refractivity contribution < 1.29 is 8.78 Å². The second-order valence-corrected chi connectivity index (χ2v) is 6.30. The average molecular weight is 368 g/mol. The number of rotatable bonds is 4. The molecule has 3 aromatic rings. The summed E-state index contributed by atoms with van der Waals surface area (Å²) < 4.78 is 27.7. The normalized spacial score (nSPS) is 11.7. The fourth-order valence-corrected chi connectivity index (χ4v) is 3.01. The van der Waals surface area contributed by atoms with E-state index in [4.69, 9.17) is 12.2 Å². The Morgan fingerprint density at radius 1 is 0.846 bits per heavy atom. The quantitative estimate of drug-likeness (QED) is 0.607. The molecule has 0 saturated heterocycles. The molecule has 0 radical (unpaired) electrons. The molecule has 0 bridgehead atoms. The van der Waals surface area contributed by atoms with Crippen LogP contribution in [0.5, 0.6) is 0 Å². The Morgan fingerprint density at radius 2 is 1.46 bits per heavy atom. The van der Waals surface area contributed by atoms with Crippen LogP contribution < -0.4 is 10.6 Å². The zero-order valence-corrected chi connectivity index (χ0v) is 15.0. The van der Waals surface area contributed by atoms with E-state index in [2.05, 4.69) is 10.6 Å². The fraction of sp³-hybridized carbons (Fsp3) is 0.0952. The molecule has 0 fully saturated rings. The molecule has 0 aliphatic heterocycles. The molecule has 0 spiro atoms. The second-order valence-electron chi connectivity index (χ2n) is 5.90. The second kappa shape index (κ2) is 8.06. The minimum Gasteiger partial charge on any atom is -0.352 e. The smallest absolute Gasteiger partial charge is 0.171 e. The Bertz CT molecular complexity index is 893. The minimum absolute atomic E-state index is 0.145. The van der Waals surface area contributed by atoms with Crippen LogP contribution in [-0.4, -0.2) is 5.11 Å². The first kappa shape index (κ1) is 18.0. The van der Waals surface area contributed by atoms with Gasteiger partial charge in [-0.2, -0.15) is 0 Å². The van der Waals surface area contributed by atoms with E-state index < -0.39 is 11.6 Å². The number of nitrogens with one attached hydrogen (secondary N) is 2. The lowest BCUT2D eigenvalue weighted by atomic mass is 9.95. The molecule has 0 heterocycles. The Balaban J connectivity index is 1.89. The molecule has 5 heteroatoms. The van der Waals surface area contributed by atoms with Crippen LogP contribution in [0.3, 0.4) is 0 Å². The van der Waals surface area contributed by atoms with Gasteiger partial charge >= 0.3 is 0 Å². The molecule has 132 valence electrons. The van der Waals surface area contributed by atoms with Crippen molar-refractivity contribution in [3.05, 3.63) is 101 Å². The van der Waals surface area contributed by atoms with Crippen LogP contribution in [-0.2, 0) is 0 Å². The number of hydrogen-bond donors (Lipinski definition) is 2. The average Bonchev–Trinajstić information content (AvgIpc) is 2.64. The number of aryl methyl sites for hydroxylation is 1. The molecule has 0 aliphatic rings. The molecular formula is C21H18F2N2S. The first-order valence-corrected chi connectivity index (χ1v) is 8.59. The number of thiocarbonyl (C=S) groups is 1. The first-order chi connectivity index (χ1) is 12.6. The van der Waals surface area contributed by atoms with Crippen molar-refractivity contribution in [1.82, 2.24) is 5.32 Å². The molecular weight excluding hydrogens is 350 g/mol. The first-order valence-electron chi connectivity index (χ1n) is 8.18. The largest absolute Gasteiger partial charge is 0.352 e. The maximum Gasteiger partial charge on any atom is 0.171 e. The molecule has 1 atom stereocenters. The summed E-state index contributed by atoms with van der Waals surface area (Å²) >= 11 is 5.32. The molecule has 3 aromatic carbocycles. The highest BCUT2D eigenvalue weighted by Gasteiger charge is 2.18. The van der Waals surface area contributed by atoms with Crippen LogP contribution in [0.2, 0.25) is 0 Å². The molecule has 0 saturated carbocycles. The van der Waals surface area contributed by atoms with Gasteiger partial charge in [0.1, 0.15) is 17.3 Å². The van der Waals surface area contributed by atoms with Crippen molar-refractivity contribution in [2.24, 2.45) is 0 Å². The van der Waals surface area contributed by atoms with Gasteiger partial charge in [0.2, 0.25) is 0 Å². The molecule has 2 N–H and O–H groups in total. The monoisotopic (exact) mass is 368 g/mol. The summed E-state index contributed by atoms with van der Waals surface area (Å²) in [4.78, 5) is 0. The van der Waals surface area contributed by atoms with Gasteiger partial charge in [0.25, 0.3) is 0 Å². The number of para-hydroxylation sites is 1. The highest BCUT2D eigenvalue weighted by molar-refractivity contribution is 7.80. The van der Waals surface area contributed by atoms with Crippen LogP contribution in [0, 0.1) is 18.6 Å². The molecule has 26 heavy (non-hydrogen) atoms. The molecule has 2 nitrogen and oxygen atoms in total. The zero-order chi connectivity index (χ0) is 18.5. The lowest BCUT2D eigenvalue weighted by molar-refractivity contribution is 0.591. The van der Waals surface area contributed by atoms with Crippen molar-refractivity contribution in [2.45, 2.75) is 13.0 Å². The van der Waals surface area contributed by atoms with Crippen molar-refractivity contribution in [3.63, 3.8) is 0 Å². The third-order valence-corrected chi connectivity index (χ3v) is 4.33. The van der Waals surface area contributed by atoms with Gasteiger partial charge in [0, 0.05) is 0 Å². The summed E-state index contributed by atoms with van der Waals surface area (Å²) in [5.41, 5.74) is 2.87. The molecule has 0 amide bonds. The summed E-state index contributed by atoms with van der Waals surface area (Å²) in [6, 6.07) is 21.2. The molecule has 0 unspecified atom stereocenters. The van der Waals surface area contributed by atoms with Crippen molar-refractivity contribution in [2.75, 3.05) is 5.32 Å². The lowest BCUT2D eigenvalue weighted by Crippen LogP contribution is -2.33. The van der Waals surface area contributed by atoms with Gasteiger partial charge in [0.05, 0.1) is 6.04 Å². The molecule has 3 rings (SSSR count). The number of hydrogen-bond acceptors (Lipinski definition) is 1. The number of anilines is 1. The van der Waals surface area contributed by atoms with E-state index in [1.807, 2.05) is 61.5 Å². The van der Waals surface area contributed by atoms with E-state index in [9.17, 15) is 8.78 Å². The fourth-order valence-electron chi connectivity index (χ4n) is 2.79. The molecule has 0 aromatic heterocycles. The lowest BCUT2D eigenvalue weighted by Gasteiger charge is -2.23. The highest BCUT2D eigenvalue weighted by atomic mass is 32.1. The van der Waals surface area contributed by atoms with Crippen molar-refractivity contribution in [3.8, 4) is 0 Å². The van der Waals surface area contributed by atoms with Gasteiger partial charge in [-0.1, -0.05) is 60.7 Å². The maximum absolute atomic E-state index is 13.9. The van der Waals surface area contributed by atoms with Gasteiger partial charge in [-0.05, 0) is 48.0 Å².